The Bertz CT molecular complexity index is 530. The molecule has 0 bridgehead atoms. The summed E-state index contributed by atoms with van der Waals surface area (Å²) in [7, 11) is 1.46. The van der Waals surface area contributed by atoms with E-state index in [-0.39, 0.29) is 0 Å². The predicted molar refractivity (Wildman–Crippen MR) is 77.7 cm³/mol. The lowest BCUT2D eigenvalue weighted by molar-refractivity contribution is 0.0635. The predicted octanol–water partition coefficient (Wildman–Crippen LogP) is 3.47. The van der Waals surface area contributed by atoms with E-state index in [9.17, 15) is 9.59 Å². The van der Waals surface area contributed by atoms with Gasteiger partial charge in [0.15, 0.2) is 12.0 Å². The molecule has 0 fully saturated rings. The first-order valence-corrected chi connectivity index (χ1v) is 6.33. The normalized spacial score (nSPS) is 10.9. The van der Waals surface area contributed by atoms with Crippen molar-refractivity contribution in [3.05, 3.63) is 22.8 Å². The molecule has 0 radical (unpaired) electrons. The van der Waals surface area contributed by atoms with E-state index in [1.807, 2.05) is 13.8 Å². The molecule has 0 aromatic heterocycles. The molecule has 0 unspecified atom stereocenters. The van der Waals surface area contributed by atoms with Gasteiger partial charge in [-0.25, -0.2) is 4.79 Å². The average molecular weight is 279 g/mol. The van der Waals surface area contributed by atoms with Crippen molar-refractivity contribution >= 4 is 18.1 Å². The Morgan fingerprint density at radius 3 is 2.35 bits per heavy atom. The number of hydrogen-bond acceptors (Lipinski definition) is 4. The first kappa shape index (κ1) is 16.0. The third kappa shape index (κ3) is 3.73. The maximum absolute atomic E-state index is 11.9. The number of anilines is 1. The zero-order valence-corrected chi connectivity index (χ0v) is 12.8. The zero-order chi connectivity index (χ0) is 15.5. The van der Waals surface area contributed by atoms with Crippen molar-refractivity contribution in [3.63, 3.8) is 0 Å². The number of carbonyl (C=O) groups excluding carboxylic acids is 2. The summed E-state index contributed by atoms with van der Waals surface area (Å²) in [5, 5.41) is 2.66. The summed E-state index contributed by atoms with van der Waals surface area (Å²) in [5.74, 6) is 0.342. The van der Waals surface area contributed by atoms with E-state index < -0.39 is 11.7 Å². The molecule has 0 atom stereocenters. The molecule has 0 aliphatic heterocycles. The van der Waals surface area contributed by atoms with Crippen LogP contribution in [-0.2, 0) is 4.74 Å². The SMILES string of the molecule is COc1c(C=O)cc(C)c(C)c1NC(=O)OC(C)(C)C. The fourth-order valence-electron chi connectivity index (χ4n) is 1.78. The monoisotopic (exact) mass is 279 g/mol. The molecule has 0 spiro atoms. The molecule has 5 heteroatoms. The number of benzene rings is 1. The second-order valence-electron chi connectivity index (χ2n) is 5.56. The zero-order valence-electron chi connectivity index (χ0n) is 12.8. The van der Waals surface area contributed by atoms with Crippen molar-refractivity contribution < 1.29 is 19.1 Å². The van der Waals surface area contributed by atoms with Crippen molar-refractivity contribution in [2.75, 3.05) is 12.4 Å². The highest BCUT2D eigenvalue weighted by Crippen LogP contribution is 2.34. The minimum absolute atomic E-state index is 0.342. The van der Waals surface area contributed by atoms with Crippen LogP contribution in [0.25, 0.3) is 0 Å². The lowest BCUT2D eigenvalue weighted by Crippen LogP contribution is -2.27. The first-order valence-electron chi connectivity index (χ1n) is 6.33. The highest BCUT2D eigenvalue weighted by Gasteiger charge is 2.20. The second-order valence-corrected chi connectivity index (χ2v) is 5.56. The van der Waals surface area contributed by atoms with Gasteiger partial charge in [0.05, 0.1) is 18.4 Å². The number of rotatable bonds is 3. The summed E-state index contributed by atoms with van der Waals surface area (Å²) in [6, 6.07) is 1.72. The van der Waals surface area contributed by atoms with Crippen molar-refractivity contribution in [3.8, 4) is 5.75 Å². The van der Waals surface area contributed by atoms with Gasteiger partial charge in [0, 0.05) is 0 Å². The van der Waals surface area contributed by atoms with Gasteiger partial charge in [0.2, 0.25) is 0 Å². The Hall–Kier alpha value is -2.04. The van der Waals surface area contributed by atoms with Crippen molar-refractivity contribution in [2.45, 2.75) is 40.2 Å². The summed E-state index contributed by atoms with van der Waals surface area (Å²) >= 11 is 0. The van der Waals surface area contributed by atoms with Crippen LogP contribution < -0.4 is 10.1 Å². The van der Waals surface area contributed by atoms with Gasteiger partial charge >= 0.3 is 6.09 Å². The topological polar surface area (TPSA) is 64.6 Å². The summed E-state index contributed by atoms with van der Waals surface area (Å²) in [6.07, 6.45) is 0.118. The number of aldehydes is 1. The van der Waals surface area contributed by atoms with Gasteiger partial charge in [0.1, 0.15) is 5.60 Å². The number of hydrogen-bond donors (Lipinski definition) is 1. The molecular formula is C15H21NO4. The molecule has 5 nitrogen and oxygen atoms in total. The standard InChI is InChI=1S/C15H21NO4/c1-9-7-11(8-17)13(19-6)12(10(9)2)16-14(18)20-15(3,4)5/h7-8H,1-6H3,(H,16,18). The van der Waals surface area contributed by atoms with E-state index in [0.29, 0.717) is 23.3 Å². The molecule has 0 heterocycles. The maximum atomic E-state index is 11.9. The molecule has 0 aliphatic carbocycles. The van der Waals surface area contributed by atoms with E-state index in [4.69, 9.17) is 9.47 Å². The van der Waals surface area contributed by atoms with Crippen LogP contribution in [0.1, 0.15) is 42.3 Å². The Labute approximate surface area is 119 Å². The largest absolute Gasteiger partial charge is 0.494 e. The molecule has 1 amide bonds. The lowest BCUT2D eigenvalue weighted by Gasteiger charge is -2.22. The summed E-state index contributed by atoms with van der Waals surface area (Å²) in [5.41, 5.74) is 1.98. The van der Waals surface area contributed by atoms with Gasteiger partial charge < -0.3 is 9.47 Å². The minimum Gasteiger partial charge on any atom is -0.494 e. The summed E-state index contributed by atoms with van der Waals surface area (Å²) < 4.78 is 10.4. The molecule has 1 aromatic carbocycles. The molecule has 1 rings (SSSR count). The summed E-state index contributed by atoms with van der Waals surface area (Å²) in [4.78, 5) is 23.0. The van der Waals surface area contributed by atoms with Gasteiger partial charge in [-0.2, -0.15) is 0 Å². The van der Waals surface area contributed by atoms with Crippen LogP contribution in [0, 0.1) is 13.8 Å². The average Bonchev–Trinajstić information content (AvgIpc) is 2.32. The third-order valence-corrected chi connectivity index (χ3v) is 2.78. The molecule has 0 saturated heterocycles. The van der Waals surface area contributed by atoms with Crippen molar-refractivity contribution in [2.24, 2.45) is 0 Å². The number of nitrogens with one attached hydrogen (secondary N) is 1. The van der Waals surface area contributed by atoms with Gasteiger partial charge in [-0.05, 0) is 51.8 Å². The van der Waals surface area contributed by atoms with E-state index in [0.717, 1.165) is 11.1 Å². The quantitative estimate of drug-likeness (QED) is 0.860. The highest BCUT2D eigenvalue weighted by molar-refractivity contribution is 5.93. The van der Waals surface area contributed by atoms with Crippen LogP contribution in [-0.4, -0.2) is 25.1 Å². The molecule has 1 aromatic rings. The fraction of sp³-hybridized carbons (Fsp3) is 0.467. The van der Waals surface area contributed by atoms with Gasteiger partial charge in [0.25, 0.3) is 0 Å². The van der Waals surface area contributed by atoms with Gasteiger partial charge in [-0.1, -0.05) is 0 Å². The minimum atomic E-state index is -0.595. The van der Waals surface area contributed by atoms with E-state index >= 15 is 0 Å². The second kappa shape index (κ2) is 5.94. The third-order valence-electron chi connectivity index (χ3n) is 2.78. The van der Waals surface area contributed by atoms with E-state index in [1.54, 1.807) is 26.8 Å². The van der Waals surface area contributed by atoms with Crippen LogP contribution in [0.2, 0.25) is 0 Å². The van der Waals surface area contributed by atoms with Crippen molar-refractivity contribution in [1.82, 2.24) is 0 Å². The van der Waals surface area contributed by atoms with E-state index in [1.165, 1.54) is 7.11 Å². The summed E-state index contributed by atoms with van der Waals surface area (Å²) in [6.45, 7) is 9.05. The highest BCUT2D eigenvalue weighted by atomic mass is 16.6. The van der Waals surface area contributed by atoms with Crippen LogP contribution in [0.5, 0.6) is 5.75 Å². The van der Waals surface area contributed by atoms with Crippen molar-refractivity contribution in [1.29, 1.82) is 0 Å². The number of amides is 1. The lowest BCUT2D eigenvalue weighted by atomic mass is 10.0. The molecule has 20 heavy (non-hydrogen) atoms. The molecule has 110 valence electrons. The fourth-order valence-corrected chi connectivity index (χ4v) is 1.78. The molecular weight excluding hydrogens is 258 g/mol. The maximum Gasteiger partial charge on any atom is 0.412 e. The Kier molecular flexibility index (Phi) is 4.76. The smallest absolute Gasteiger partial charge is 0.412 e. The first-order chi connectivity index (χ1) is 9.19. The molecule has 0 saturated carbocycles. The van der Waals surface area contributed by atoms with Gasteiger partial charge in [-0.3, -0.25) is 10.1 Å². The Balaban J connectivity index is 3.19. The number of methoxy groups -OCH3 is 1. The van der Waals surface area contributed by atoms with Crippen LogP contribution in [0.4, 0.5) is 10.5 Å². The van der Waals surface area contributed by atoms with Crippen LogP contribution in [0.15, 0.2) is 6.07 Å². The Morgan fingerprint density at radius 1 is 1.30 bits per heavy atom. The van der Waals surface area contributed by atoms with Gasteiger partial charge in [-0.15, -0.1) is 0 Å². The Morgan fingerprint density at radius 2 is 1.90 bits per heavy atom. The number of carbonyl (C=O) groups is 2. The molecule has 1 N–H and O–H groups in total. The van der Waals surface area contributed by atoms with Crippen LogP contribution >= 0.6 is 0 Å². The van der Waals surface area contributed by atoms with Crippen LogP contribution in [0.3, 0.4) is 0 Å². The molecule has 0 aliphatic rings. The number of aryl methyl sites for hydroxylation is 1. The number of ether oxygens (including phenoxy) is 2. The van der Waals surface area contributed by atoms with E-state index in [2.05, 4.69) is 5.32 Å².